The van der Waals surface area contributed by atoms with Crippen LogP contribution in [-0.4, -0.2) is 10.1 Å². The van der Waals surface area contributed by atoms with Gasteiger partial charge in [-0.2, -0.15) is 0 Å². The Balaban J connectivity index is 1.88. The summed E-state index contributed by atoms with van der Waals surface area (Å²) in [7, 11) is 0. The average molecular weight is 295 g/mol. The van der Waals surface area contributed by atoms with Gasteiger partial charge in [-0.25, -0.2) is 4.98 Å². The fourth-order valence-corrected chi connectivity index (χ4v) is 3.33. The average Bonchev–Trinajstić information content (AvgIpc) is 2.89. The first-order valence-corrected chi connectivity index (χ1v) is 7.80. The van der Waals surface area contributed by atoms with Gasteiger partial charge in [-0.1, -0.05) is 30.3 Å². The van der Waals surface area contributed by atoms with Gasteiger partial charge < -0.3 is 5.11 Å². The third-order valence-electron chi connectivity index (χ3n) is 3.58. The van der Waals surface area contributed by atoms with E-state index in [2.05, 4.69) is 37.4 Å². The molecule has 3 rings (SSSR count). The number of aromatic nitrogens is 1. The molecule has 1 heterocycles. The first-order chi connectivity index (χ1) is 10.1. The minimum Gasteiger partial charge on any atom is -0.508 e. The van der Waals surface area contributed by atoms with E-state index in [1.165, 1.54) is 16.7 Å². The lowest BCUT2D eigenvalue weighted by atomic mass is 10.0. The van der Waals surface area contributed by atoms with E-state index in [1.54, 1.807) is 23.5 Å². The van der Waals surface area contributed by atoms with Gasteiger partial charge in [0, 0.05) is 17.4 Å². The van der Waals surface area contributed by atoms with Crippen molar-refractivity contribution in [3.63, 3.8) is 0 Å². The maximum Gasteiger partial charge on any atom is 0.115 e. The van der Waals surface area contributed by atoms with Gasteiger partial charge in [0.05, 0.1) is 10.7 Å². The van der Waals surface area contributed by atoms with Crippen molar-refractivity contribution in [3.8, 4) is 17.0 Å². The molecule has 21 heavy (non-hydrogen) atoms. The van der Waals surface area contributed by atoms with Crippen molar-refractivity contribution >= 4 is 11.3 Å². The molecule has 0 fully saturated rings. The number of hydrogen-bond donors (Lipinski definition) is 1. The lowest BCUT2D eigenvalue weighted by Gasteiger charge is -2.06. The van der Waals surface area contributed by atoms with Crippen LogP contribution in [0, 0.1) is 13.8 Å². The highest BCUT2D eigenvalue weighted by Gasteiger charge is 2.10. The number of aryl methyl sites for hydroxylation is 2. The molecule has 0 atom stereocenters. The van der Waals surface area contributed by atoms with Crippen molar-refractivity contribution < 1.29 is 5.11 Å². The molecule has 3 aromatic rings. The quantitative estimate of drug-likeness (QED) is 0.758. The molecule has 0 aliphatic carbocycles. The molecule has 0 aliphatic rings. The number of rotatable bonds is 3. The van der Waals surface area contributed by atoms with Gasteiger partial charge in [-0.05, 0) is 42.7 Å². The Labute approximate surface area is 128 Å². The highest BCUT2D eigenvalue weighted by molar-refractivity contribution is 7.10. The second kappa shape index (κ2) is 5.70. The molecule has 3 heteroatoms. The molecule has 0 bridgehead atoms. The van der Waals surface area contributed by atoms with Crippen LogP contribution in [0.15, 0.2) is 47.8 Å². The van der Waals surface area contributed by atoms with Gasteiger partial charge in [0.1, 0.15) is 5.75 Å². The number of nitrogens with zero attached hydrogens (tertiary/aromatic N) is 1. The summed E-state index contributed by atoms with van der Waals surface area (Å²) in [5.41, 5.74) is 5.98. The zero-order valence-corrected chi connectivity index (χ0v) is 12.9. The number of phenols is 1. The van der Waals surface area contributed by atoms with Crippen LogP contribution in [0.25, 0.3) is 11.3 Å². The number of hydrogen-bond acceptors (Lipinski definition) is 3. The minimum absolute atomic E-state index is 0.300. The maximum absolute atomic E-state index is 9.32. The van der Waals surface area contributed by atoms with E-state index < -0.39 is 0 Å². The molecule has 1 N–H and O–H groups in total. The van der Waals surface area contributed by atoms with E-state index in [-0.39, 0.29) is 0 Å². The molecule has 0 saturated carbocycles. The van der Waals surface area contributed by atoms with E-state index in [9.17, 15) is 5.11 Å². The monoisotopic (exact) mass is 295 g/mol. The molecule has 0 amide bonds. The van der Waals surface area contributed by atoms with Gasteiger partial charge in [-0.15, -0.1) is 11.3 Å². The van der Waals surface area contributed by atoms with Crippen molar-refractivity contribution in [1.29, 1.82) is 0 Å². The summed E-state index contributed by atoms with van der Waals surface area (Å²) in [6.45, 7) is 4.25. The smallest absolute Gasteiger partial charge is 0.115 e. The summed E-state index contributed by atoms with van der Waals surface area (Å²) >= 11 is 1.69. The van der Waals surface area contributed by atoms with Gasteiger partial charge in [0.2, 0.25) is 0 Å². The topological polar surface area (TPSA) is 33.1 Å². The zero-order chi connectivity index (χ0) is 14.8. The summed E-state index contributed by atoms with van der Waals surface area (Å²) in [6.07, 6.45) is 0.801. The number of aromatic hydroxyl groups is 1. The lowest BCUT2D eigenvalue weighted by molar-refractivity contribution is 0.475. The van der Waals surface area contributed by atoms with Crippen molar-refractivity contribution in [2.24, 2.45) is 0 Å². The molecule has 2 aromatic carbocycles. The fraction of sp³-hybridized carbons (Fsp3) is 0.167. The fourth-order valence-electron chi connectivity index (χ4n) is 2.51. The summed E-state index contributed by atoms with van der Waals surface area (Å²) in [5, 5.41) is 12.5. The van der Waals surface area contributed by atoms with Crippen LogP contribution in [0.5, 0.6) is 5.75 Å². The molecule has 0 unspecified atom stereocenters. The molecular weight excluding hydrogens is 278 g/mol. The first-order valence-electron chi connectivity index (χ1n) is 6.92. The van der Waals surface area contributed by atoms with Gasteiger partial charge in [-0.3, -0.25) is 0 Å². The van der Waals surface area contributed by atoms with E-state index in [0.29, 0.717) is 5.75 Å². The van der Waals surface area contributed by atoms with Gasteiger partial charge in [0.25, 0.3) is 0 Å². The molecule has 0 saturated heterocycles. The van der Waals surface area contributed by atoms with Crippen molar-refractivity contribution in [1.82, 2.24) is 4.98 Å². The van der Waals surface area contributed by atoms with Crippen LogP contribution in [0.1, 0.15) is 21.7 Å². The second-order valence-corrected chi connectivity index (χ2v) is 6.18. The summed E-state index contributed by atoms with van der Waals surface area (Å²) in [5.74, 6) is 0.300. The van der Waals surface area contributed by atoms with Crippen molar-refractivity contribution in [3.05, 3.63) is 69.5 Å². The van der Waals surface area contributed by atoms with Crippen LogP contribution >= 0.6 is 11.3 Å². The highest BCUT2D eigenvalue weighted by atomic mass is 32.1. The number of benzene rings is 2. The van der Waals surface area contributed by atoms with Crippen LogP contribution in [0.4, 0.5) is 0 Å². The Morgan fingerprint density at radius 1 is 1.00 bits per heavy atom. The van der Waals surface area contributed by atoms with Crippen LogP contribution in [0.2, 0.25) is 0 Å². The zero-order valence-electron chi connectivity index (χ0n) is 12.1. The Morgan fingerprint density at radius 3 is 2.33 bits per heavy atom. The summed E-state index contributed by atoms with van der Waals surface area (Å²) in [4.78, 5) is 4.78. The van der Waals surface area contributed by atoms with E-state index in [1.807, 2.05) is 12.1 Å². The predicted molar refractivity (Wildman–Crippen MR) is 87.9 cm³/mol. The van der Waals surface area contributed by atoms with E-state index in [0.717, 1.165) is 22.7 Å². The van der Waals surface area contributed by atoms with Crippen LogP contribution < -0.4 is 0 Å². The Hall–Kier alpha value is -2.13. The minimum atomic E-state index is 0.300. The molecule has 106 valence electrons. The normalized spacial score (nSPS) is 10.8. The standard InChI is InChI=1S/C18H17NOS/c1-12-4-3-5-13(2)18(12)16-11-21-17(19-16)10-14-6-8-15(20)9-7-14/h3-9,11,20H,10H2,1-2H3. The number of phenolic OH excluding ortho intramolecular Hbond substituents is 1. The van der Waals surface area contributed by atoms with Crippen molar-refractivity contribution in [2.75, 3.05) is 0 Å². The SMILES string of the molecule is Cc1cccc(C)c1-c1csc(Cc2ccc(O)cc2)n1. The summed E-state index contributed by atoms with van der Waals surface area (Å²) < 4.78 is 0. The Morgan fingerprint density at radius 2 is 1.67 bits per heavy atom. The second-order valence-electron chi connectivity index (χ2n) is 5.24. The van der Waals surface area contributed by atoms with Crippen LogP contribution in [-0.2, 0) is 6.42 Å². The predicted octanol–water partition coefficient (Wildman–Crippen LogP) is 4.72. The van der Waals surface area contributed by atoms with E-state index in [4.69, 9.17) is 4.98 Å². The third-order valence-corrected chi connectivity index (χ3v) is 4.43. The summed E-state index contributed by atoms with van der Waals surface area (Å²) in [6, 6.07) is 13.6. The maximum atomic E-state index is 9.32. The van der Waals surface area contributed by atoms with Gasteiger partial charge in [0.15, 0.2) is 0 Å². The Kier molecular flexibility index (Phi) is 3.76. The van der Waals surface area contributed by atoms with E-state index >= 15 is 0 Å². The molecular formula is C18H17NOS. The van der Waals surface area contributed by atoms with Crippen molar-refractivity contribution in [2.45, 2.75) is 20.3 Å². The molecule has 0 aliphatic heterocycles. The highest BCUT2D eigenvalue weighted by Crippen LogP contribution is 2.29. The Bertz CT molecular complexity index is 739. The van der Waals surface area contributed by atoms with Gasteiger partial charge >= 0.3 is 0 Å². The van der Waals surface area contributed by atoms with Crippen LogP contribution in [0.3, 0.4) is 0 Å². The molecule has 2 nitrogen and oxygen atoms in total. The third kappa shape index (κ3) is 2.98. The first kappa shape index (κ1) is 13.8. The molecule has 0 radical (unpaired) electrons. The largest absolute Gasteiger partial charge is 0.508 e. The molecule has 0 spiro atoms. The lowest BCUT2D eigenvalue weighted by Crippen LogP contribution is -1.90. The number of thiazole rings is 1. The molecule has 1 aromatic heterocycles.